The van der Waals surface area contributed by atoms with Crippen LogP contribution in [0.3, 0.4) is 0 Å². The maximum Gasteiger partial charge on any atom is 0.274 e. The normalized spacial score (nSPS) is 20.3. The Morgan fingerprint density at radius 3 is 3.00 bits per heavy atom. The zero-order valence-electron chi connectivity index (χ0n) is 6.40. The Morgan fingerprint density at radius 1 is 1.67 bits per heavy atom. The third-order valence-corrected chi connectivity index (χ3v) is 1.55. The lowest BCUT2D eigenvalue weighted by Crippen LogP contribution is -2.38. The van der Waals surface area contributed by atoms with Crippen molar-refractivity contribution < 1.29 is 9.72 Å². The van der Waals surface area contributed by atoms with E-state index in [2.05, 4.69) is 5.32 Å². The van der Waals surface area contributed by atoms with E-state index in [0.29, 0.717) is 19.5 Å². The topological polar surface area (TPSA) is 75.5 Å². The second-order valence-electron chi connectivity index (χ2n) is 2.38. The molecule has 1 aliphatic rings. The van der Waals surface area contributed by atoms with Crippen LogP contribution in [0.2, 0.25) is 0 Å². The van der Waals surface area contributed by atoms with Crippen molar-refractivity contribution in [2.24, 2.45) is 0 Å². The average Bonchev–Trinajstić information content (AvgIpc) is 2.04. The maximum atomic E-state index is 10.4. The van der Waals surface area contributed by atoms with Crippen molar-refractivity contribution in [1.29, 1.82) is 0 Å². The van der Waals surface area contributed by atoms with E-state index in [1.807, 2.05) is 0 Å². The molecular weight excluding hydrogens is 162 g/mol. The standard InChI is InChI=1S/C6H9N3O3/c10-5-8-3-1-2-7-6(8)4-9(11)12/h4-5,7H,1-3H2. The van der Waals surface area contributed by atoms with Gasteiger partial charge in [0.25, 0.3) is 6.20 Å². The molecule has 1 rings (SSSR count). The molecule has 1 aliphatic heterocycles. The lowest BCUT2D eigenvalue weighted by atomic mass is 10.3. The first-order valence-electron chi connectivity index (χ1n) is 3.55. The zero-order chi connectivity index (χ0) is 8.97. The molecule has 0 spiro atoms. The summed E-state index contributed by atoms with van der Waals surface area (Å²) in [6, 6.07) is 0. The van der Waals surface area contributed by atoms with Crippen LogP contribution in [0.15, 0.2) is 12.0 Å². The molecule has 6 heteroatoms. The number of hydrogen-bond donors (Lipinski definition) is 1. The Labute approximate surface area is 69.0 Å². The van der Waals surface area contributed by atoms with Crippen LogP contribution < -0.4 is 5.32 Å². The van der Waals surface area contributed by atoms with Crippen molar-refractivity contribution in [2.45, 2.75) is 6.42 Å². The molecule has 0 aromatic rings. The van der Waals surface area contributed by atoms with Gasteiger partial charge >= 0.3 is 0 Å². The average molecular weight is 171 g/mol. The summed E-state index contributed by atoms with van der Waals surface area (Å²) in [5, 5.41) is 12.8. The Bertz CT molecular complexity index is 226. The second kappa shape index (κ2) is 3.70. The second-order valence-corrected chi connectivity index (χ2v) is 2.38. The van der Waals surface area contributed by atoms with Crippen LogP contribution in [-0.4, -0.2) is 29.3 Å². The number of rotatable bonds is 2. The van der Waals surface area contributed by atoms with Gasteiger partial charge in [0.2, 0.25) is 6.41 Å². The van der Waals surface area contributed by atoms with E-state index < -0.39 is 4.92 Å². The van der Waals surface area contributed by atoms with Crippen molar-refractivity contribution in [1.82, 2.24) is 10.2 Å². The minimum atomic E-state index is -0.579. The lowest BCUT2D eigenvalue weighted by Gasteiger charge is -2.24. The van der Waals surface area contributed by atoms with E-state index in [1.54, 1.807) is 0 Å². The summed E-state index contributed by atoms with van der Waals surface area (Å²) in [6.07, 6.45) is 2.20. The summed E-state index contributed by atoms with van der Waals surface area (Å²) in [5.74, 6) is 0.265. The summed E-state index contributed by atoms with van der Waals surface area (Å²) in [6.45, 7) is 1.21. The Morgan fingerprint density at radius 2 is 2.42 bits per heavy atom. The van der Waals surface area contributed by atoms with Gasteiger partial charge in [-0.15, -0.1) is 0 Å². The molecule has 0 aromatic heterocycles. The Kier molecular flexibility index (Phi) is 2.62. The van der Waals surface area contributed by atoms with Gasteiger partial charge in [-0.1, -0.05) is 0 Å². The quantitative estimate of drug-likeness (QED) is 0.345. The van der Waals surface area contributed by atoms with Gasteiger partial charge in [0.15, 0.2) is 5.82 Å². The van der Waals surface area contributed by atoms with Gasteiger partial charge < -0.3 is 5.32 Å². The van der Waals surface area contributed by atoms with Crippen molar-refractivity contribution >= 4 is 6.41 Å². The van der Waals surface area contributed by atoms with Gasteiger partial charge in [-0.25, -0.2) is 0 Å². The van der Waals surface area contributed by atoms with Crippen LogP contribution in [0.4, 0.5) is 0 Å². The summed E-state index contributed by atoms with van der Waals surface area (Å²) in [4.78, 5) is 21.2. The highest BCUT2D eigenvalue weighted by Crippen LogP contribution is 2.04. The van der Waals surface area contributed by atoms with E-state index in [1.165, 1.54) is 4.90 Å². The van der Waals surface area contributed by atoms with Crippen molar-refractivity contribution in [3.8, 4) is 0 Å². The number of nitrogens with one attached hydrogen (secondary N) is 1. The van der Waals surface area contributed by atoms with Crippen LogP contribution in [-0.2, 0) is 4.79 Å². The Balaban J connectivity index is 2.70. The van der Waals surface area contributed by atoms with Crippen LogP contribution in [0.25, 0.3) is 0 Å². The smallest absolute Gasteiger partial charge is 0.274 e. The largest absolute Gasteiger partial charge is 0.366 e. The number of nitro groups is 1. The highest BCUT2D eigenvalue weighted by molar-refractivity contribution is 5.50. The zero-order valence-corrected chi connectivity index (χ0v) is 6.40. The number of carbonyl (C=O) groups is 1. The van der Waals surface area contributed by atoms with E-state index in [9.17, 15) is 14.9 Å². The molecule has 1 heterocycles. The number of carbonyl (C=O) groups excluding carboxylic acids is 1. The lowest BCUT2D eigenvalue weighted by molar-refractivity contribution is -0.404. The summed E-state index contributed by atoms with van der Waals surface area (Å²) < 4.78 is 0. The van der Waals surface area contributed by atoms with Gasteiger partial charge in [0, 0.05) is 13.1 Å². The monoisotopic (exact) mass is 171 g/mol. The number of hydrogen-bond acceptors (Lipinski definition) is 4. The minimum Gasteiger partial charge on any atom is -0.366 e. The molecule has 12 heavy (non-hydrogen) atoms. The molecule has 0 radical (unpaired) electrons. The van der Waals surface area contributed by atoms with Crippen LogP contribution in [0.1, 0.15) is 6.42 Å². The number of amides is 1. The molecule has 1 saturated heterocycles. The van der Waals surface area contributed by atoms with E-state index in [0.717, 1.165) is 12.6 Å². The van der Waals surface area contributed by atoms with E-state index in [4.69, 9.17) is 0 Å². The van der Waals surface area contributed by atoms with Gasteiger partial charge in [-0.3, -0.25) is 19.8 Å². The van der Waals surface area contributed by atoms with E-state index >= 15 is 0 Å². The first-order chi connectivity index (χ1) is 5.74. The minimum absolute atomic E-state index is 0.265. The molecule has 0 aliphatic carbocycles. The Hall–Kier alpha value is -1.59. The third kappa shape index (κ3) is 1.94. The van der Waals surface area contributed by atoms with Crippen molar-refractivity contribution in [2.75, 3.05) is 13.1 Å². The molecule has 0 unspecified atom stereocenters. The molecule has 6 nitrogen and oxygen atoms in total. The third-order valence-electron chi connectivity index (χ3n) is 1.55. The first kappa shape index (κ1) is 8.51. The molecule has 0 saturated carbocycles. The van der Waals surface area contributed by atoms with Gasteiger partial charge in [-0.2, -0.15) is 0 Å². The predicted molar refractivity (Wildman–Crippen MR) is 40.5 cm³/mol. The summed E-state index contributed by atoms with van der Waals surface area (Å²) >= 11 is 0. The first-order valence-corrected chi connectivity index (χ1v) is 3.55. The fraction of sp³-hybridized carbons (Fsp3) is 0.500. The van der Waals surface area contributed by atoms with Gasteiger partial charge in [0.1, 0.15) is 0 Å². The highest BCUT2D eigenvalue weighted by Gasteiger charge is 2.15. The highest BCUT2D eigenvalue weighted by atomic mass is 16.6. The molecule has 1 amide bonds. The molecular formula is C6H9N3O3. The molecule has 0 bridgehead atoms. The fourth-order valence-electron chi connectivity index (χ4n) is 1.02. The van der Waals surface area contributed by atoms with E-state index in [-0.39, 0.29) is 5.82 Å². The van der Waals surface area contributed by atoms with Gasteiger partial charge in [-0.05, 0) is 6.42 Å². The SMILES string of the molecule is O=CN1CCCNC1=C[N+](=O)[O-]. The van der Waals surface area contributed by atoms with Crippen LogP contribution in [0.5, 0.6) is 0 Å². The molecule has 66 valence electrons. The van der Waals surface area contributed by atoms with Crippen LogP contribution >= 0.6 is 0 Å². The summed E-state index contributed by atoms with van der Waals surface area (Å²) in [7, 11) is 0. The van der Waals surface area contributed by atoms with Gasteiger partial charge in [0.05, 0.1) is 4.92 Å². The van der Waals surface area contributed by atoms with Crippen molar-refractivity contribution in [3.05, 3.63) is 22.1 Å². The van der Waals surface area contributed by atoms with Crippen molar-refractivity contribution in [3.63, 3.8) is 0 Å². The molecule has 1 N–H and O–H groups in total. The predicted octanol–water partition coefficient (Wildman–Crippen LogP) is -0.486. The maximum absolute atomic E-state index is 10.4. The molecule has 0 atom stereocenters. The summed E-state index contributed by atoms with van der Waals surface area (Å²) in [5.41, 5.74) is 0. The fourth-order valence-corrected chi connectivity index (χ4v) is 1.02. The molecule has 1 fully saturated rings. The molecule has 0 aromatic carbocycles. The number of nitrogens with zero attached hydrogens (tertiary/aromatic N) is 2. The van der Waals surface area contributed by atoms with Crippen LogP contribution in [0, 0.1) is 10.1 Å².